The largest absolute Gasteiger partial charge is 1.00 e. The zero-order valence-electron chi connectivity index (χ0n) is 6.27. The topological polar surface area (TPSA) is 83.8 Å². The summed E-state index contributed by atoms with van der Waals surface area (Å²) in [6.45, 7) is 4.41. The maximum absolute atomic E-state index is 10.3. The van der Waals surface area contributed by atoms with E-state index in [0.29, 0.717) is 0 Å². The number of phosphoric acid groups is 1. The van der Waals surface area contributed by atoms with Crippen molar-refractivity contribution in [2.24, 2.45) is 0 Å². The lowest BCUT2D eigenvalue weighted by Crippen LogP contribution is -2.01. The van der Waals surface area contributed by atoms with Gasteiger partial charge in [0, 0.05) is 5.57 Å². The van der Waals surface area contributed by atoms with Gasteiger partial charge in [-0.2, -0.15) is 0 Å². The Morgan fingerprint density at radius 3 is 2.20 bits per heavy atom. The lowest BCUT2D eigenvalue weighted by Gasteiger charge is -2.02. The molecule has 10 heavy (non-hydrogen) atoms. The third-order valence-corrected chi connectivity index (χ3v) is 0.954. The first kappa shape index (κ1) is 9.36. The number of carbonyl (C=O) groups excluding carboxylic acids is 1. The van der Waals surface area contributed by atoms with Crippen LogP contribution in [0.4, 0.5) is 0 Å². The Bertz CT molecular complexity index is 207. The van der Waals surface area contributed by atoms with Crippen LogP contribution in [0.1, 0.15) is 8.35 Å². The Morgan fingerprint density at radius 2 is 2.10 bits per heavy atom. The highest BCUT2D eigenvalue weighted by Gasteiger charge is 2.20. The second-order valence-corrected chi connectivity index (χ2v) is 2.81. The predicted molar refractivity (Wildman–Crippen MR) is 34.1 cm³/mol. The predicted octanol–water partition coefficient (Wildman–Crippen LogP) is 0.311. The molecule has 0 saturated carbocycles. The third kappa shape index (κ3) is 4.26. The van der Waals surface area contributed by atoms with Crippen LogP contribution in [-0.2, 0) is 13.9 Å². The van der Waals surface area contributed by atoms with Crippen molar-refractivity contribution in [3.63, 3.8) is 0 Å². The molecular weight excluding hydrogens is 159 g/mol. The van der Waals surface area contributed by atoms with E-state index in [0.717, 1.165) is 0 Å². The van der Waals surface area contributed by atoms with Crippen molar-refractivity contribution in [1.82, 2.24) is 0 Å². The summed E-state index contributed by atoms with van der Waals surface area (Å²) in [4.78, 5) is 26.5. The van der Waals surface area contributed by atoms with Crippen LogP contribution >= 0.6 is 7.82 Å². The normalized spacial score (nSPS) is 10.7. The molecule has 6 heteroatoms. The van der Waals surface area contributed by atoms with Gasteiger partial charge >= 0.3 is 15.2 Å². The van der Waals surface area contributed by atoms with E-state index in [1.54, 1.807) is 0 Å². The number of hydrogen-bond acceptors (Lipinski definition) is 3. The molecule has 0 atom stereocenters. The first-order valence-electron chi connectivity index (χ1n) is 2.28. The summed E-state index contributed by atoms with van der Waals surface area (Å²) in [6.07, 6.45) is 0. The van der Waals surface area contributed by atoms with Gasteiger partial charge in [-0.3, -0.25) is 9.79 Å². The smallest absolute Gasteiger partial charge is 0.367 e. The standard InChI is InChI=1S/C4H7O5P/c1-3(2)4(5)9-10(6,7)8/h1H2,2H3,(H2,6,7,8)/p+1. The minimum Gasteiger partial charge on any atom is -0.367 e. The van der Waals surface area contributed by atoms with Gasteiger partial charge in [0.05, 0.1) is 0 Å². The third-order valence-electron chi connectivity index (χ3n) is 0.550. The highest BCUT2D eigenvalue weighted by molar-refractivity contribution is 7.46. The Morgan fingerprint density at radius 1 is 1.70 bits per heavy atom. The first-order chi connectivity index (χ1) is 4.33. The van der Waals surface area contributed by atoms with Crippen LogP contribution in [0.2, 0.25) is 0 Å². The van der Waals surface area contributed by atoms with E-state index >= 15 is 0 Å². The van der Waals surface area contributed by atoms with Crippen LogP contribution in [0.15, 0.2) is 12.2 Å². The molecule has 0 aliphatic rings. The Balaban J connectivity index is 0. The van der Waals surface area contributed by atoms with Crippen LogP contribution in [0.5, 0.6) is 0 Å². The molecule has 0 heterocycles. The fraction of sp³-hybridized carbons (Fsp3) is 0.250. The van der Waals surface area contributed by atoms with Crippen molar-refractivity contribution >= 4 is 13.8 Å². The van der Waals surface area contributed by atoms with E-state index < -0.39 is 13.8 Å². The summed E-state index contributed by atoms with van der Waals surface area (Å²) in [5.41, 5.74) is -0.0525. The fourth-order valence-electron chi connectivity index (χ4n) is 0.186. The van der Waals surface area contributed by atoms with Gasteiger partial charge < -0.3 is 4.52 Å². The molecule has 5 nitrogen and oxygen atoms in total. The minimum absolute atomic E-state index is 0. The van der Waals surface area contributed by atoms with Crippen molar-refractivity contribution < 1.29 is 25.1 Å². The molecule has 0 amide bonds. The minimum atomic E-state index is -4.69. The van der Waals surface area contributed by atoms with Gasteiger partial charge in [-0.25, -0.2) is 9.36 Å². The fourth-order valence-corrected chi connectivity index (χ4v) is 0.558. The lowest BCUT2D eigenvalue weighted by molar-refractivity contribution is -0.131. The number of hydrogen-bond donors (Lipinski definition) is 2. The van der Waals surface area contributed by atoms with Crippen molar-refractivity contribution in [1.29, 1.82) is 0 Å². The molecule has 2 N–H and O–H groups in total. The average molecular weight is 167 g/mol. The molecule has 0 saturated heterocycles. The summed E-state index contributed by atoms with van der Waals surface area (Å²) in [5, 5.41) is 0. The maximum atomic E-state index is 10.3. The molecular formula is C4H8O5P+. The van der Waals surface area contributed by atoms with Crippen molar-refractivity contribution in [2.75, 3.05) is 0 Å². The van der Waals surface area contributed by atoms with Crippen molar-refractivity contribution in [2.45, 2.75) is 6.92 Å². The molecule has 58 valence electrons. The van der Waals surface area contributed by atoms with Crippen LogP contribution < -0.4 is 0 Å². The SMILES string of the molecule is C=C(C)C(=O)OP(=O)(O)O.[H+]. The van der Waals surface area contributed by atoms with Crippen LogP contribution in [-0.4, -0.2) is 15.8 Å². The first-order valence-corrected chi connectivity index (χ1v) is 3.81. The van der Waals surface area contributed by atoms with Crippen LogP contribution in [0.3, 0.4) is 0 Å². The highest BCUT2D eigenvalue weighted by Crippen LogP contribution is 2.36. The van der Waals surface area contributed by atoms with Gasteiger partial charge in [-0.05, 0) is 6.92 Å². The van der Waals surface area contributed by atoms with Crippen LogP contribution in [0.25, 0.3) is 0 Å². The van der Waals surface area contributed by atoms with Crippen molar-refractivity contribution in [3.8, 4) is 0 Å². The second kappa shape index (κ2) is 2.96. The molecule has 0 aromatic heterocycles. The molecule has 0 spiro atoms. The summed E-state index contributed by atoms with van der Waals surface area (Å²) >= 11 is 0. The zero-order chi connectivity index (χ0) is 8.36. The molecule has 0 aliphatic heterocycles. The van der Waals surface area contributed by atoms with Gasteiger partial charge in [0.25, 0.3) is 0 Å². The Hall–Kier alpha value is -0.640. The van der Waals surface area contributed by atoms with Gasteiger partial charge in [0.15, 0.2) is 0 Å². The zero-order valence-corrected chi connectivity index (χ0v) is 6.17. The molecule has 0 aromatic carbocycles. The van der Waals surface area contributed by atoms with E-state index in [1.807, 2.05) is 0 Å². The van der Waals surface area contributed by atoms with Gasteiger partial charge in [0.2, 0.25) is 0 Å². The van der Waals surface area contributed by atoms with E-state index in [1.165, 1.54) is 6.92 Å². The molecule has 0 rings (SSSR count). The van der Waals surface area contributed by atoms with E-state index in [9.17, 15) is 9.36 Å². The summed E-state index contributed by atoms with van der Waals surface area (Å²) in [5.74, 6) is -1.09. The Labute approximate surface area is 59.0 Å². The average Bonchev–Trinajstić information content (AvgIpc) is 1.60. The number of phosphoric ester groups is 1. The number of carbonyl (C=O) groups is 1. The van der Waals surface area contributed by atoms with Crippen molar-refractivity contribution in [3.05, 3.63) is 12.2 Å². The molecule has 0 bridgehead atoms. The second-order valence-electron chi connectivity index (χ2n) is 1.65. The summed E-state index contributed by atoms with van der Waals surface area (Å²) in [6, 6.07) is 0. The molecule has 0 aromatic rings. The monoisotopic (exact) mass is 167 g/mol. The number of rotatable bonds is 2. The maximum Gasteiger partial charge on any atom is 1.00 e. The van der Waals surface area contributed by atoms with Crippen LogP contribution in [0, 0.1) is 0 Å². The quantitative estimate of drug-likeness (QED) is 0.456. The Kier molecular flexibility index (Phi) is 2.77. The summed E-state index contributed by atoms with van der Waals surface area (Å²) in [7, 11) is -4.69. The summed E-state index contributed by atoms with van der Waals surface area (Å²) < 4.78 is 13.6. The van der Waals surface area contributed by atoms with E-state index in [2.05, 4.69) is 11.1 Å². The lowest BCUT2D eigenvalue weighted by atomic mass is 10.4. The van der Waals surface area contributed by atoms with E-state index in [4.69, 9.17) is 9.79 Å². The molecule has 0 aliphatic carbocycles. The molecule has 0 unspecified atom stereocenters. The van der Waals surface area contributed by atoms with E-state index in [-0.39, 0.29) is 7.00 Å². The molecule has 0 radical (unpaired) electrons. The van der Waals surface area contributed by atoms with Gasteiger partial charge in [-0.15, -0.1) is 0 Å². The highest BCUT2D eigenvalue weighted by atomic mass is 31.2. The molecule has 0 fully saturated rings. The van der Waals surface area contributed by atoms with Gasteiger partial charge in [-0.1, -0.05) is 6.58 Å². The van der Waals surface area contributed by atoms with Gasteiger partial charge in [0.1, 0.15) is 0 Å².